The van der Waals surface area contributed by atoms with E-state index < -0.39 is 5.25 Å². The molecule has 2 N–H and O–H groups in total. The topological polar surface area (TPSA) is 113 Å². The second-order valence-corrected chi connectivity index (χ2v) is 7.27. The average molecular weight is 373 g/mol. The van der Waals surface area contributed by atoms with Crippen LogP contribution in [0.3, 0.4) is 0 Å². The Bertz CT molecular complexity index is 879. The van der Waals surface area contributed by atoms with E-state index in [0.29, 0.717) is 29.6 Å². The number of anilines is 1. The maximum atomic E-state index is 12.5. The van der Waals surface area contributed by atoms with Crippen molar-refractivity contribution < 1.29 is 9.53 Å². The molecular formula is C17H19N5O3S. The zero-order valence-corrected chi connectivity index (χ0v) is 15.1. The number of para-hydroxylation sites is 1. The molecule has 0 aliphatic carbocycles. The summed E-state index contributed by atoms with van der Waals surface area (Å²) in [7, 11) is 0. The first kappa shape index (κ1) is 18.2. The average Bonchev–Trinajstić information content (AvgIpc) is 3.27. The van der Waals surface area contributed by atoms with Crippen LogP contribution in [0.15, 0.2) is 34.2 Å². The van der Waals surface area contributed by atoms with Gasteiger partial charge in [0, 0.05) is 6.61 Å². The van der Waals surface area contributed by atoms with Gasteiger partial charge in [-0.2, -0.15) is 5.26 Å². The first-order valence-electron chi connectivity index (χ1n) is 8.32. The molecule has 0 radical (unpaired) electrons. The van der Waals surface area contributed by atoms with Crippen molar-refractivity contribution in [2.24, 2.45) is 0 Å². The lowest BCUT2D eigenvalue weighted by molar-refractivity contribution is -0.115. The molecule has 1 aliphatic rings. The zero-order valence-electron chi connectivity index (χ0n) is 14.3. The molecule has 8 nitrogen and oxygen atoms in total. The summed E-state index contributed by atoms with van der Waals surface area (Å²) in [5.41, 5.74) is 0.546. The van der Waals surface area contributed by atoms with Gasteiger partial charge in [-0.3, -0.25) is 9.36 Å². The Labute approximate surface area is 154 Å². The van der Waals surface area contributed by atoms with Crippen LogP contribution < -0.4 is 11.0 Å². The molecule has 2 atom stereocenters. The lowest BCUT2D eigenvalue weighted by atomic mass is 10.2. The maximum absolute atomic E-state index is 12.5. The molecule has 1 aromatic heterocycles. The fourth-order valence-corrected chi connectivity index (χ4v) is 3.55. The zero-order chi connectivity index (χ0) is 18.5. The van der Waals surface area contributed by atoms with Crippen molar-refractivity contribution in [3.05, 3.63) is 40.3 Å². The first-order chi connectivity index (χ1) is 12.6. The predicted molar refractivity (Wildman–Crippen MR) is 96.9 cm³/mol. The Morgan fingerprint density at radius 3 is 3.12 bits per heavy atom. The SMILES string of the molecule is C[C@@H](Sc1n[nH]c(=O)n1C[C@H]1CCCO1)C(=O)Nc1ccccc1C#N. The van der Waals surface area contributed by atoms with Gasteiger partial charge in [-0.15, -0.1) is 5.10 Å². The third kappa shape index (κ3) is 4.15. The van der Waals surface area contributed by atoms with Crippen molar-refractivity contribution in [3.63, 3.8) is 0 Å². The molecule has 0 spiro atoms. The van der Waals surface area contributed by atoms with Crippen molar-refractivity contribution in [2.45, 2.75) is 42.8 Å². The van der Waals surface area contributed by atoms with E-state index in [9.17, 15) is 9.59 Å². The van der Waals surface area contributed by atoms with E-state index in [1.54, 1.807) is 31.2 Å². The summed E-state index contributed by atoms with van der Waals surface area (Å²) in [4.78, 5) is 24.4. The van der Waals surface area contributed by atoms with Gasteiger partial charge < -0.3 is 10.1 Å². The van der Waals surface area contributed by atoms with Crippen molar-refractivity contribution in [2.75, 3.05) is 11.9 Å². The standard InChI is InChI=1S/C17H19N5O3S/c1-11(15(23)19-14-7-3-2-5-12(14)9-18)26-17-21-20-16(24)22(17)10-13-6-4-8-25-13/h2-3,5,7,11,13H,4,6,8,10H2,1H3,(H,19,23)(H,20,24)/t11-,13-/m1/s1. The van der Waals surface area contributed by atoms with Crippen molar-refractivity contribution >= 4 is 23.4 Å². The molecule has 1 aromatic carbocycles. The van der Waals surface area contributed by atoms with Crippen molar-refractivity contribution in [1.29, 1.82) is 5.26 Å². The van der Waals surface area contributed by atoms with Crippen LogP contribution in [0.25, 0.3) is 0 Å². The van der Waals surface area contributed by atoms with E-state index in [1.807, 2.05) is 6.07 Å². The van der Waals surface area contributed by atoms with Crippen LogP contribution in [-0.4, -0.2) is 38.6 Å². The summed E-state index contributed by atoms with van der Waals surface area (Å²) in [6, 6.07) is 8.85. The molecule has 2 aromatic rings. The van der Waals surface area contributed by atoms with Gasteiger partial charge in [0.15, 0.2) is 5.16 Å². The monoisotopic (exact) mass is 373 g/mol. The minimum atomic E-state index is -0.500. The highest BCUT2D eigenvalue weighted by molar-refractivity contribution is 8.00. The largest absolute Gasteiger partial charge is 0.376 e. The molecule has 0 saturated carbocycles. The number of amides is 1. The molecule has 26 heavy (non-hydrogen) atoms. The molecule has 1 amide bonds. The molecule has 1 aliphatic heterocycles. The first-order valence-corrected chi connectivity index (χ1v) is 9.20. The Balaban J connectivity index is 1.68. The molecule has 1 fully saturated rings. The van der Waals surface area contributed by atoms with Gasteiger partial charge >= 0.3 is 5.69 Å². The van der Waals surface area contributed by atoms with Crippen LogP contribution in [0.5, 0.6) is 0 Å². The van der Waals surface area contributed by atoms with Crippen molar-refractivity contribution in [3.8, 4) is 6.07 Å². The van der Waals surface area contributed by atoms with E-state index in [2.05, 4.69) is 15.5 Å². The maximum Gasteiger partial charge on any atom is 0.344 e. The number of carbonyl (C=O) groups is 1. The molecule has 0 bridgehead atoms. The van der Waals surface area contributed by atoms with Crippen LogP contribution >= 0.6 is 11.8 Å². The normalized spacial score (nSPS) is 17.6. The van der Waals surface area contributed by atoms with Crippen molar-refractivity contribution in [1.82, 2.24) is 14.8 Å². The van der Waals surface area contributed by atoms with Gasteiger partial charge in [0.2, 0.25) is 5.91 Å². The van der Waals surface area contributed by atoms with Gasteiger partial charge in [0.25, 0.3) is 0 Å². The summed E-state index contributed by atoms with van der Waals surface area (Å²) in [6.07, 6.45) is 1.89. The van der Waals surface area contributed by atoms with Gasteiger partial charge in [-0.05, 0) is 31.9 Å². The summed E-state index contributed by atoms with van der Waals surface area (Å²) in [6.45, 7) is 2.85. The smallest absolute Gasteiger partial charge is 0.344 e. The Morgan fingerprint density at radius 1 is 1.58 bits per heavy atom. The molecule has 1 saturated heterocycles. The van der Waals surface area contributed by atoms with E-state index in [1.165, 1.54) is 16.3 Å². The van der Waals surface area contributed by atoms with E-state index >= 15 is 0 Å². The van der Waals surface area contributed by atoms with Gasteiger partial charge in [-0.25, -0.2) is 9.89 Å². The number of nitriles is 1. The lowest BCUT2D eigenvalue weighted by Gasteiger charge is -2.14. The number of carbonyl (C=O) groups excluding carboxylic acids is 1. The van der Waals surface area contributed by atoms with Gasteiger partial charge in [0.1, 0.15) is 6.07 Å². The number of aromatic nitrogens is 3. The molecule has 0 unspecified atom stereocenters. The highest BCUT2D eigenvalue weighted by Crippen LogP contribution is 2.23. The highest BCUT2D eigenvalue weighted by Gasteiger charge is 2.23. The van der Waals surface area contributed by atoms with Gasteiger partial charge in [0.05, 0.1) is 29.1 Å². The predicted octanol–water partition coefficient (Wildman–Crippen LogP) is 1.74. The Hall–Kier alpha value is -2.57. The number of nitrogens with zero attached hydrogens (tertiary/aromatic N) is 3. The third-order valence-electron chi connectivity index (χ3n) is 4.09. The van der Waals surface area contributed by atoms with E-state index in [0.717, 1.165) is 12.8 Å². The van der Waals surface area contributed by atoms with Crippen LogP contribution in [-0.2, 0) is 16.1 Å². The van der Waals surface area contributed by atoms with Crippen LogP contribution in [0.2, 0.25) is 0 Å². The number of nitrogens with one attached hydrogen (secondary N) is 2. The number of hydrogen-bond donors (Lipinski definition) is 2. The molecular weight excluding hydrogens is 354 g/mol. The second kappa shape index (κ2) is 8.21. The quantitative estimate of drug-likeness (QED) is 0.746. The summed E-state index contributed by atoms with van der Waals surface area (Å²) >= 11 is 1.19. The van der Waals surface area contributed by atoms with E-state index in [-0.39, 0.29) is 17.7 Å². The fraction of sp³-hybridized carbons (Fsp3) is 0.412. The minimum Gasteiger partial charge on any atom is -0.376 e. The number of benzene rings is 1. The number of aromatic amines is 1. The Kier molecular flexibility index (Phi) is 5.75. The lowest BCUT2D eigenvalue weighted by Crippen LogP contribution is -2.27. The summed E-state index contributed by atoms with van der Waals surface area (Å²) in [5, 5.41) is 18.3. The number of rotatable bonds is 6. The minimum absolute atomic E-state index is 0.00344. The van der Waals surface area contributed by atoms with Crippen LogP contribution in [0.1, 0.15) is 25.3 Å². The second-order valence-electron chi connectivity index (χ2n) is 5.96. The molecule has 9 heteroatoms. The Morgan fingerprint density at radius 2 is 2.38 bits per heavy atom. The number of thioether (sulfide) groups is 1. The molecule has 3 rings (SSSR count). The fourth-order valence-electron chi connectivity index (χ4n) is 2.68. The van der Waals surface area contributed by atoms with E-state index in [4.69, 9.17) is 10.00 Å². The van der Waals surface area contributed by atoms with Crippen LogP contribution in [0.4, 0.5) is 5.69 Å². The molecule has 136 valence electrons. The summed E-state index contributed by atoms with van der Waals surface area (Å²) in [5.74, 6) is -0.267. The van der Waals surface area contributed by atoms with Crippen LogP contribution in [0, 0.1) is 11.3 Å². The highest BCUT2D eigenvalue weighted by atomic mass is 32.2. The number of hydrogen-bond acceptors (Lipinski definition) is 6. The number of H-pyrrole nitrogens is 1. The third-order valence-corrected chi connectivity index (χ3v) is 5.18. The summed E-state index contributed by atoms with van der Waals surface area (Å²) < 4.78 is 7.08. The van der Waals surface area contributed by atoms with Gasteiger partial charge in [-0.1, -0.05) is 23.9 Å². The molecule has 2 heterocycles. The number of ether oxygens (including phenoxy) is 1.